The van der Waals surface area contributed by atoms with Crippen molar-refractivity contribution >= 4 is 0 Å². The number of benzene rings is 1. The van der Waals surface area contributed by atoms with Gasteiger partial charge in [-0.2, -0.15) is 0 Å². The third-order valence-corrected chi connectivity index (χ3v) is 2.68. The molecule has 17 heavy (non-hydrogen) atoms. The maximum Gasteiger partial charge on any atom is 0.126 e. The zero-order valence-corrected chi connectivity index (χ0v) is 10.6. The van der Waals surface area contributed by atoms with E-state index in [4.69, 9.17) is 5.73 Å². The van der Waals surface area contributed by atoms with Crippen LogP contribution in [0, 0.1) is 17.6 Å². The zero-order chi connectivity index (χ0) is 13.0. The predicted octanol–water partition coefficient (Wildman–Crippen LogP) is 2.55. The Balaban J connectivity index is 2.92. The van der Waals surface area contributed by atoms with Gasteiger partial charge in [0.25, 0.3) is 0 Å². The molecule has 0 saturated heterocycles. The second kappa shape index (κ2) is 6.07. The SMILES string of the molecule is CC(C)CN(C)C(CN)c1cc(F)cc(F)c1. The average molecular weight is 242 g/mol. The summed E-state index contributed by atoms with van der Waals surface area (Å²) in [6.07, 6.45) is 0. The maximum atomic E-state index is 13.2. The summed E-state index contributed by atoms with van der Waals surface area (Å²) in [6, 6.07) is 3.41. The third kappa shape index (κ3) is 4.06. The van der Waals surface area contributed by atoms with E-state index in [2.05, 4.69) is 13.8 Å². The Morgan fingerprint density at radius 2 is 1.71 bits per heavy atom. The lowest BCUT2D eigenvalue weighted by Crippen LogP contribution is -2.33. The number of nitrogens with zero attached hydrogens (tertiary/aromatic N) is 1. The second-order valence-corrected chi connectivity index (χ2v) is 4.79. The molecular formula is C13H20F2N2. The molecule has 0 aliphatic heterocycles. The van der Waals surface area contributed by atoms with Crippen LogP contribution in [0.1, 0.15) is 25.5 Å². The Morgan fingerprint density at radius 1 is 1.18 bits per heavy atom. The van der Waals surface area contributed by atoms with Gasteiger partial charge in [0.2, 0.25) is 0 Å². The largest absolute Gasteiger partial charge is 0.329 e. The minimum atomic E-state index is -0.559. The first-order valence-electron chi connectivity index (χ1n) is 5.80. The summed E-state index contributed by atoms with van der Waals surface area (Å²) in [4.78, 5) is 2.03. The molecule has 1 unspecified atom stereocenters. The molecule has 0 aromatic heterocycles. The fourth-order valence-electron chi connectivity index (χ4n) is 2.04. The molecule has 96 valence electrons. The van der Waals surface area contributed by atoms with Crippen molar-refractivity contribution in [1.82, 2.24) is 4.90 Å². The second-order valence-electron chi connectivity index (χ2n) is 4.79. The lowest BCUT2D eigenvalue weighted by Gasteiger charge is -2.28. The van der Waals surface area contributed by atoms with Gasteiger partial charge in [-0.25, -0.2) is 8.78 Å². The van der Waals surface area contributed by atoms with Crippen molar-refractivity contribution in [1.29, 1.82) is 0 Å². The standard InChI is InChI=1S/C13H20F2N2/c1-9(2)8-17(3)13(7-16)10-4-11(14)6-12(15)5-10/h4-6,9,13H,7-8,16H2,1-3H3. The Labute approximate surface area is 101 Å². The van der Waals surface area contributed by atoms with Gasteiger partial charge in [0.05, 0.1) is 0 Å². The normalized spacial score (nSPS) is 13.4. The molecular weight excluding hydrogens is 222 g/mol. The van der Waals surface area contributed by atoms with Gasteiger partial charge in [0, 0.05) is 25.2 Å². The Morgan fingerprint density at radius 3 is 2.12 bits per heavy atom. The lowest BCUT2D eigenvalue weighted by molar-refractivity contribution is 0.223. The van der Waals surface area contributed by atoms with E-state index in [1.165, 1.54) is 12.1 Å². The van der Waals surface area contributed by atoms with Gasteiger partial charge in [-0.15, -0.1) is 0 Å². The fraction of sp³-hybridized carbons (Fsp3) is 0.538. The Bertz CT molecular complexity index is 346. The van der Waals surface area contributed by atoms with Gasteiger partial charge in [0.15, 0.2) is 0 Å². The van der Waals surface area contributed by atoms with Crippen LogP contribution in [-0.4, -0.2) is 25.0 Å². The minimum Gasteiger partial charge on any atom is -0.329 e. The van der Waals surface area contributed by atoms with Crippen LogP contribution in [0.25, 0.3) is 0 Å². The number of likely N-dealkylation sites (N-methyl/N-ethyl adjacent to an activating group) is 1. The molecule has 1 aromatic rings. The van der Waals surface area contributed by atoms with Gasteiger partial charge in [-0.3, -0.25) is 4.90 Å². The van der Waals surface area contributed by atoms with Gasteiger partial charge < -0.3 is 5.73 Å². The molecule has 0 fully saturated rings. The van der Waals surface area contributed by atoms with E-state index in [0.29, 0.717) is 18.0 Å². The van der Waals surface area contributed by atoms with Crippen LogP contribution in [0.2, 0.25) is 0 Å². The van der Waals surface area contributed by atoms with E-state index in [0.717, 1.165) is 12.6 Å². The first-order chi connectivity index (χ1) is 7.93. The fourth-order valence-corrected chi connectivity index (χ4v) is 2.04. The van der Waals surface area contributed by atoms with Crippen molar-refractivity contribution in [2.24, 2.45) is 11.7 Å². The highest BCUT2D eigenvalue weighted by atomic mass is 19.1. The summed E-state index contributed by atoms with van der Waals surface area (Å²) in [6.45, 7) is 5.36. The summed E-state index contributed by atoms with van der Waals surface area (Å²) in [5, 5.41) is 0. The topological polar surface area (TPSA) is 29.3 Å². The van der Waals surface area contributed by atoms with Gasteiger partial charge >= 0.3 is 0 Å². The van der Waals surface area contributed by atoms with Crippen molar-refractivity contribution in [3.8, 4) is 0 Å². The molecule has 1 aromatic carbocycles. The summed E-state index contributed by atoms with van der Waals surface area (Å²) in [5.74, 6) is -0.639. The van der Waals surface area contributed by atoms with Crippen LogP contribution in [0.5, 0.6) is 0 Å². The Hall–Kier alpha value is -1.00. The molecule has 4 heteroatoms. The highest BCUT2D eigenvalue weighted by Crippen LogP contribution is 2.21. The van der Waals surface area contributed by atoms with Crippen LogP contribution >= 0.6 is 0 Å². The highest BCUT2D eigenvalue weighted by Gasteiger charge is 2.17. The molecule has 0 aliphatic carbocycles. The summed E-state index contributed by atoms with van der Waals surface area (Å²) < 4.78 is 26.3. The monoisotopic (exact) mass is 242 g/mol. The first kappa shape index (κ1) is 14.1. The molecule has 0 amide bonds. The van der Waals surface area contributed by atoms with Crippen LogP contribution in [-0.2, 0) is 0 Å². The van der Waals surface area contributed by atoms with Crippen LogP contribution < -0.4 is 5.73 Å². The van der Waals surface area contributed by atoms with E-state index in [1.54, 1.807) is 0 Å². The van der Waals surface area contributed by atoms with Crippen LogP contribution in [0.3, 0.4) is 0 Å². The molecule has 2 nitrogen and oxygen atoms in total. The van der Waals surface area contributed by atoms with E-state index in [9.17, 15) is 8.78 Å². The van der Waals surface area contributed by atoms with E-state index in [1.807, 2.05) is 11.9 Å². The number of hydrogen-bond donors (Lipinski definition) is 1. The highest BCUT2D eigenvalue weighted by molar-refractivity contribution is 5.21. The van der Waals surface area contributed by atoms with Crippen molar-refractivity contribution in [3.63, 3.8) is 0 Å². The number of nitrogens with two attached hydrogens (primary N) is 1. The smallest absolute Gasteiger partial charge is 0.126 e. The van der Waals surface area contributed by atoms with Gasteiger partial charge in [-0.05, 0) is 30.7 Å². The predicted molar refractivity (Wildman–Crippen MR) is 65.6 cm³/mol. The first-order valence-corrected chi connectivity index (χ1v) is 5.80. The van der Waals surface area contributed by atoms with Crippen LogP contribution in [0.15, 0.2) is 18.2 Å². The van der Waals surface area contributed by atoms with E-state index < -0.39 is 11.6 Å². The number of hydrogen-bond acceptors (Lipinski definition) is 2. The van der Waals surface area contributed by atoms with Gasteiger partial charge in [0.1, 0.15) is 11.6 Å². The van der Waals surface area contributed by atoms with Crippen LogP contribution in [0.4, 0.5) is 8.78 Å². The third-order valence-electron chi connectivity index (χ3n) is 2.68. The van der Waals surface area contributed by atoms with Crippen molar-refractivity contribution in [3.05, 3.63) is 35.4 Å². The van der Waals surface area contributed by atoms with E-state index in [-0.39, 0.29) is 6.04 Å². The number of halogens is 2. The zero-order valence-electron chi connectivity index (χ0n) is 10.6. The average Bonchev–Trinajstić information content (AvgIpc) is 2.15. The molecule has 1 atom stereocenters. The molecule has 0 saturated carbocycles. The van der Waals surface area contributed by atoms with Crippen molar-refractivity contribution in [2.75, 3.05) is 20.1 Å². The molecule has 0 radical (unpaired) electrons. The molecule has 2 N–H and O–H groups in total. The molecule has 0 bridgehead atoms. The van der Waals surface area contributed by atoms with Crippen molar-refractivity contribution in [2.45, 2.75) is 19.9 Å². The lowest BCUT2D eigenvalue weighted by atomic mass is 10.0. The molecule has 0 aliphatic rings. The summed E-state index contributed by atoms with van der Waals surface area (Å²) >= 11 is 0. The molecule has 1 rings (SSSR count). The molecule has 0 heterocycles. The quantitative estimate of drug-likeness (QED) is 0.859. The number of rotatable bonds is 5. The Kier molecular flexibility index (Phi) is 5.02. The summed E-state index contributed by atoms with van der Waals surface area (Å²) in [7, 11) is 1.92. The summed E-state index contributed by atoms with van der Waals surface area (Å²) in [5.41, 5.74) is 6.29. The van der Waals surface area contributed by atoms with Crippen molar-refractivity contribution < 1.29 is 8.78 Å². The minimum absolute atomic E-state index is 0.150. The van der Waals surface area contributed by atoms with E-state index >= 15 is 0 Å². The molecule has 0 spiro atoms. The van der Waals surface area contributed by atoms with Gasteiger partial charge in [-0.1, -0.05) is 13.8 Å². The maximum absolute atomic E-state index is 13.2.